The van der Waals surface area contributed by atoms with Crippen LogP contribution >= 0.6 is 0 Å². The lowest BCUT2D eigenvalue weighted by Gasteiger charge is -2.23. The fourth-order valence-corrected chi connectivity index (χ4v) is 2.79. The Bertz CT molecular complexity index is 980. The minimum absolute atomic E-state index is 0.132. The first-order valence-corrected chi connectivity index (χ1v) is 7.47. The van der Waals surface area contributed by atoms with E-state index in [9.17, 15) is 14.4 Å². The Labute approximate surface area is 136 Å². The second-order valence-corrected chi connectivity index (χ2v) is 5.53. The summed E-state index contributed by atoms with van der Waals surface area (Å²) < 4.78 is 8.83. The molecule has 0 radical (unpaired) electrons. The number of carbonyl (C=O) groups excluding carboxylic acids is 1. The van der Waals surface area contributed by atoms with Crippen LogP contribution in [0.25, 0.3) is 11.2 Å². The zero-order chi connectivity index (χ0) is 17.6. The molecule has 10 heteroatoms. The molecule has 0 aliphatic carbocycles. The standard InChI is InChI=1S/C14H18N6O4/c1-5-18-12(22)10-11(17(3)14(18)23)15-13-19(10)6-8(2)16-20(13)7-9(21)24-4/h5-7H2,1-4H3. The van der Waals surface area contributed by atoms with E-state index in [4.69, 9.17) is 0 Å². The van der Waals surface area contributed by atoms with Crippen LogP contribution in [0.3, 0.4) is 0 Å². The molecule has 0 bridgehead atoms. The maximum absolute atomic E-state index is 12.7. The monoisotopic (exact) mass is 334 g/mol. The molecule has 1 aliphatic heterocycles. The molecule has 24 heavy (non-hydrogen) atoms. The molecule has 0 amide bonds. The van der Waals surface area contributed by atoms with E-state index in [1.54, 1.807) is 25.5 Å². The van der Waals surface area contributed by atoms with Gasteiger partial charge in [-0.05, 0) is 13.8 Å². The number of fused-ring (bicyclic) bond motifs is 3. The Morgan fingerprint density at radius 3 is 2.67 bits per heavy atom. The molecule has 0 aromatic carbocycles. The minimum atomic E-state index is -0.480. The summed E-state index contributed by atoms with van der Waals surface area (Å²) in [5.41, 5.74) is 0.467. The van der Waals surface area contributed by atoms with Gasteiger partial charge in [-0.2, -0.15) is 10.1 Å². The molecule has 0 saturated heterocycles. The van der Waals surface area contributed by atoms with Crippen molar-refractivity contribution < 1.29 is 9.53 Å². The van der Waals surface area contributed by atoms with Gasteiger partial charge in [-0.15, -0.1) is 0 Å². The maximum Gasteiger partial charge on any atom is 0.332 e. The second kappa shape index (κ2) is 5.62. The van der Waals surface area contributed by atoms with Crippen molar-refractivity contribution in [2.45, 2.75) is 26.9 Å². The van der Waals surface area contributed by atoms with Crippen LogP contribution in [0.15, 0.2) is 14.7 Å². The summed E-state index contributed by atoms with van der Waals surface area (Å²) in [6, 6.07) is 0. The van der Waals surface area contributed by atoms with E-state index in [0.29, 0.717) is 23.7 Å². The van der Waals surface area contributed by atoms with Crippen LogP contribution in [0.2, 0.25) is 0 Å². The van der Waals surface area contributed by atoms with Gasteiger partial charge in [0.25, 0.3) is 5.56 Å². The summed E-state index contributed by atoms with van der Waals surface area (Å²) in [7, 11) is 2.85. The van der Waals surface area contributed by atoms with Crippen LogP contribution in [0.5, 0.6) is 0 Å². The molecule has 3 rings (SSSR count). The smallest absolute Gasteiger partial charge is 0.332 e. The second-order valence-electron chi connectivity index (χ2n) is 5.53. The van der Waals surface area contributed by atoms with Crippen molar-refractivity contribution in [2.24, 2.45) is 12.1 Å². The number of hydrogen-bond donors (Lipinski definition) is 0. The summed E-state index contributed by atoms with van der Waals surface area (Å²) in [6.07, 6.45) is 0. The molecule has 0 saturated carbocycles. The Morgan fingerprint density at radius 1 is 1.33 bits per heavy atom. The van der Waals surface area contributed by atoms with E-state index in [2.05, 4.69) is 14.8 Å². The van der Waals surface area contributed by atoms with E-state index in [1.807, 2.05) is 0 Å². The van der Waals surface area contributed by atoms with Crippen molar-refractivity contribution in [2.75, 3.05) is 18.7 Å². The van der Waals surface area contributed by atoms with Crippen molar-refractivity contribution in [1.29, 1.82) is 0 Å². The molecule has 1 aliphatic rings. The normalized spacial score (nSPS) is 13.8. The highest BCUT2D eigenvalue weighted by atomic mass is 16.5. The number of methoxy groups -OCH3 is 1. The highest BCUT2D eigenvalue weighted by Gasteiger charge is 2.27. The number of hydrogen-bond acceptors (Lipinski definition) is 7. The number of esters is 1. The maximum atomic E-state index is 12.7. The van der Waals surface area contributed by atoms with Gasteiger partial charge in [-0.1, -0.05) is 0 Å². The van der Waals surface area contributed by atoms with Gasteiger partial charge < -0.3 is 4.74 Å². The van der Waals surface area contributed by atoms with Crippen LogP contribution in [0, 0.1) is 0 Å². The first-order chi connectivity index (χ1) is 11.4. The molecule has 128 valence electrons. The van der Waals surface area contributed by atoms with Crippen molar-refractivity contribution in [3.05, 3.63) is 20.8 Å². The first kappa shape index (κ1) is 16.0. The van der Waals surface area contributed by atoms with E-state index in [-0.39, 0.29) is 18.7 Å². The fraction of sp³-hybridized carbons (Fsp3) is 0.500. The zero-order valence-electron chi connectivity index (χ0n) is 13.9. The highest BCUT2D eigenvalue weighted by molar-refractivity contribution is 5.89. The molecule has 0 spiro atoms. The van der Waals surface area contributed by atoms with Gasteiger partial charge in [-0.25, -0.2) is 9.80 Å². The summed E-state index contributed by atoms with van der Waals surface area (Å²) in [5, 5.41) is 5.68. The lowest BCUT2D eigenvalue weighted by molar-refractivity contribution is -0.139. The van der Waals surface area contributed by atoms with Gasteiger partial charge in [0.1, 0.15) is 6.54 Å². The summed E-state index contributed by atoms with van der Waals surface area (Å²) in [6.45, 7) is 4.02. The molecule has 2 aromatic heterocycles. The predicted octanol–water partition coefficient (Wildman–Crippen LogP) is -0.714. The SMILES string of the molecule is CCn1c(=O)c2c(nc3n2CC(C)=NN3CC(=O)OC)n(C)c1=O. The number of aromatic nitrogens is 4. The van der Waals surface area contributed by atoms with Gasteiger partial charge in [-0.3, -0.25) is 23.3 Å². The Hall–Kier alpha value is -2.91. The van der Waals surface area contributed by atoms with Crippen molar-refractivity contribution in [3.8, 4) is 0 Å². The van der Waals surface area contributed by atoms with Gasteiger partial charge in [0.05, 0.1) is 19.4 Å². The average molecular weight is 334 g/mol. The number of imidazole rings is 1. The summed E-state index contributed by atoms with van der Waals surface area (Å²) >= 11 is 0. The highest BCUT2D eigenvalue weighted by Crippen LogP contribution is 2.23. The summed E-state index contributed by atoms with van der Waals surface area (Å²) in [5.74, 6) is -0.145. The average Bonchev–Trinajstić information content (AvgIpc) is 2.93. The molecular weight excluding hydrogens is 316 g/mol. The van der Waals surface area contributed by atoms with Gasteiger partial charge in [0, 0.05) is 13.6 Å². The van der Waals surface area contributed by atoms with Gasteiger partial charge in [0.2, 0.25) is 5.95 Å². The quantitative estimate of drug-likeness (QED) is 0.687. The summed E-state index contributed by atoms with van der Waals surface area (Å²) in [4.78, 5) is 41.0. The third-order valence-corrected chi connectivity index (χ3v) is 3.94. The Balaban J connectivity index is 2.31. The molecule has 3 heterocycles. The molecule has 2 aromatic rings. The lowest BCUT2D eigenvalue weighted by atomic mass is 10.4. The number of anilines is 1. The minimum Gasteiger partial charge on any atom is -0.468 e. The number of hydrazone groups is 1. The number of ether oxygens (including phenoxy) is 1. The lowest BCUT2D eigenvalue weighted by Crippen LogP contribution is -2.39. The largest absolute Gasteiger partial charge is 0.468 e. The van der Waals surface area contributed by atoms with E-state index < -0.39 is 17.2 Å². The first-order valence-electron chi connectivity index (χ1n) is 7.47. The number of aryl methyl sites for hydroxylation is 1. The van der Waals surface area contributed by atoms with Crippen molar-refractivity contribution in [1.82, 2.24) is 18.7 Å². The van der Waals surface area contributed by atoms with E-state index >= 15 is 0 Å². The van der Waals surface area contributed by atoms with Crippen LogP contribution < -0.4 is 16.3 Å². The van der Waals surface area contributed by atoms with Crippen LogP contribution in [0.1, 0.15) is 13.8 Å². The molecule has 0 unspecified atom stereocenters. The van der Waals surface area contributed by atoms with Crippen LogP contribution in [-0.4, -0.2) is 44.0 Å². The molecule has 10 nitrogen and oxygen atoms in total. The topological polar surface area (TPSA) is 104 Å². The van der Waals surface area contributed by atoms with Crippen LogP contribution in [-0.2, 0) is 29.7 Å². The zero-order valence-corrected chi connectivity index (χ0v) is 13.9. The third kappa shape index (κ3) is 2.22. The van der Waals surface area contributed by atoms with Crippen molar-refractivity contribution >= 4 is 28.8 Å². The predicted molar refractivity (Wildman–Crippen MR) is 87.4 cm³/mol. The van der Waals surface area contributed by atoms with Gasteiger partial charge >= 0.3 is 11.7 Å². The molecule has 0 N–H and O–H groups in total. The number of carbonyl (C=O) groups is 1. The molecular formula is C14H18N6O4. The Morgan fingerprint density at radius 2 is 2.04 bits per heavy atom. The van der Waals surface area contributed by atoms with Crippen LogP contribution in [0.4, 0.5) is 5.95 Å². The third-order valence-electron chi connectivity index (χ3n) is 3.94. The molecule has 0 atom stereocenters. The van der Waals surface area contributed by atoms with Gasteiger partial charge in [0.15, 0.2) is 11.2 Å². The Kier molecular flexibility index (Phi) is 3.74. The number of nitrogens with zero attached hydrogens (tertiary/aromatic N) is 6. The number of rotatable bonds is 3. The van der Waals surface area contributed by atoms with Crippen molar-refractivity contribution in [3.63, 3.8) is 0 Å². The van der Waals surface area contributed by atoms with E-state index in [0.717, 1.165) is 4.57 Å². The van der Waals surface area contributed by atoms with E-state index in [1.165, 1.54) is 16.7 Å². The molecule has 0 fully saturated rings. The fourth-order valence-electron chi connectivity index (χ4n) is 2.79.